The van der Waals surface area contributed by atoms with Crippen LogP contribution in [0.2, 0.25) is 0 Å². The molecule has 3 aromatic rings. The fraction of sp³-hybridized carbons (Fsp3) is 0.231. The van der Waals surface area contributed by atoms with E-state index >= 15 is 0 Å². The van der Waals surface area contributed by atoms with Gasteiger partial charge >= 0.3 is 0 Å². The number of rotatable bonds is 4. The van der Waals surface area contributed by atoms with Crippen molar-refractivity contribution >= 4 is 33.9 Å². The second-order valence-corrected chi connectivity index (χ2v) is 5.54. The van der Waals surface area contributed by atoms with Crippen LogP contribution in [-0.4, -0.2) is 32.0 Å². The number of anilines is 2. The summed E-state index contributed by atoms with van der Waals surface area (Å²) in [5, 5.41) is 7.20. The Balaban J connectivity index is 1.97. The number of methoxy groups -OCH3 is 1. The standard InChI is InChI=1S/C13H13FN6O2S/c1-6-8(5-22-2)13(23-19-6)17-12(21)9-10(15)18-20-4-7(14)3-16-11(9)20/h3-4H,5H2,1-2H3,(H2,15,18)(H,17,21). The smallest absolute Gasteiger partial charge is 0.264 e. The van der Waals surface area contributed by atoms with Crippen LogP contribution in [0.1, 0.15) is 21.6 Å². The molecule has 0 spiro atoms. The molecular formula is C13H13FN6O2S. The molecule has 1 amide bonds. The van der Waals surface area contributed by atoms with E-state index in [0.717, 1.165) is 39.7 Å². The van der Waals surface area contributed by atoms with E-state index in [4.69, 9.17) is 10.5 Å². The number of halogens is 1. The zero-order valence-electron chi connectivity index (χ0n) is 12.3. The van der Waals surface area contributed by atoms with Gasteiger partial charge in [-0.15, -0.1) is 5.10 Å². The second-order valence-electron chi connectivity index (χ2n) is 4.76. The number of amides is 1. The van der Waals surface area contributed by atoms with Crippen LogP contribution >= 0.6 is 11.5 Å². The molecule has 0 aromatic carbocycles. The first-order valence-electron chi connectivity index (χ1n) is 6.56. The molecule has 0 aliphatic heterocycles. The Kier molecular flexibility index (Phi) is 3.92. The van der Waals surface area contributed by atoms with Gasteiger partial charge < -0.3 is 15.8 Å². The lowest BCUT2D eigenvalue weighted by atomic mass is 10.2. The summed E-state index contributed by atoms with van der Waals surface area (Å²) in [6.45, 7) is 2.15. The van der Waals surface area contributed by atoms with Crippen molar-refractivity contribution in [2.45, 2.75) is 13.5 Å². The topological polar surface area (TPSA) is 107 Å². The number of nitrogens with one attached hydrogen (secondary N) is 1. The second kappa shape index (κ2) is 5.89. The minimum atomic E-state index is -0.576. The fourth-order valence-corrected chi connectivity index (χ4v) is 2.91. The third-order valence-electron chi connectivity index (χ3n) is 3.20. The molecule has 0 bridgehead atoms. The molecule has 0 unspecified atom stereocenters. The van der Waals surface area contributed by atoms with Crippen molar-refractivity contribution in [2.75, 3.05) is 18.2 Å². The van der Waals surface area contributed by atoms with Gasteiger partial charge in [-0.25, -0.2) is 13.9 Å². The first-order chi connectivity index (χ1) is 11.0. The van der Waals surface area contributed by atoms with E-state index < -0.39 is 11.7 Å². The summed E-state index contributed by atoms with van der Waals surface area (Å²) in [5.74, 6) is -1.10. The summed E-state index contributed by atoms with van der Waals surface area (Å²) in [7, 11) is 1.56. The van der Waals surface area contributed by atoms with E-state index in [1.54, 1.807) is 7.11 Å². The Bertz CT molecular complexity index is 890. The maximum absolute atomic E-state index is 13.2. The molecule has 10 heteroatoms. The highest BCUT2D eigenvalue weighted by Gasteiger charge is 2.22. The zero-order chi connectivity index (χ0) is 16.6. The monoisotopic (exact) mass is 336 g/mol. The minimum Gasteiger partial charge on any atom is -0.381 e. The molecule has 0 saturated carbocycles. The van der Waals surface area contributed by atoms with Crippen molar-refractivity contribution in [1.29, 1.82) is 0 Å². The molecular weight excluding hydrogens is 323 g/mol. The van der Waals surface area contributed by atoms with E-state index in [-0.39, 0.29) is 17.0 Å². The fourth-order valence-electron chi connectivity index (χ4n) is 2.11. The number of nitrogen functional groups attached to an aromatic ring is 1. The summed E-state index contributed by atoms with van der Waals surface area (Å²) in [6.07, 6.45) is 2.10. The molecule has 0 fully saturated rings. The van der Waals surface area contributed by atoms with Gasteiger partial charge in [0.15, 0.2) is 17.3 Å². The first-order valence-corrected chi connectivity index (χ1v) is 7.33. The van der Waals surface area contributed by atoms with Gasteiger partial charge in [0.05, 0.1) is 24.7 Å². The average molecular weight is 336 g/mol. The van der Waals surface area contributed by atoms with Crippen LogP contribution in [0.15, 0.2) is 12.4 Å². The Hall–Kier alpha value is -2.59. The van der Waals surface area contributed by atoms with Crippen molar-refractivity contribution in [3.8, 4) is 0 Å². The Morgan fingerprint density at radius 3 is 3.09 bits per heavy atom. The molecule has 0 atom stereocenters. The normalized spacial score (nSPS) is 11.1. The van der Waals surface area contributed by atoms with Crippen LogP contribution < -0.4 is 11.1 Å². The maximum atomic E-state index is 13.2. The highest BCUT2D eigenvalue weighted by Crippen LogP contribution is 2.27. The van der Waals surface area contributed by atoms with Crippen molar-refractivity contribution < 1.29 is 13.9 Å². The predicted molar refractivity (Wildman–Crippen MR) is 82.9 cm³/mol. The highest BCUT2D eigenvalue weighted by atomic mass is 32.1. The van der Waals surface area contributed by atoms with E-state index in [1.807, 2.05) is 6.92 Å². The van der Waals surface area contributed by atoms with Gasteiger partial charge in [-0.05, 0) is 18.5 Å². The molecule has 3 rings (SSSR count). The lowest BCUT2D eigenvalue weighted by Crippen LogP contribution is -2.14. The summed E-state index contributed by atoms with van der Waals surface area (Å²) in [4.78, 5) is 16.4. The highest BCUT2D eigenvalue weighted by molar-refractivity contribution is 7.10. The molecule has 23 heavy (non-hydrogen) atoms. The molecule has 0 radical (unpaired) electrons. The van der Waals surface area contributed by atoms with Gasteiger partial charge in [0.2, 0.25) is 0 Å². The van der Waals surface area contributed by atoms with E-state index in [2.05, 4.69) is 19.8 Å². The van der Waals surface area contributed by atoms with Crippen molar-refractivity contribution in [1.82, 2.24) is 19.0 Å². The zero-order valence-corrected chi connectivity index (χ0v) is 13.1. The predicted octanol–water partition coefficient (Wildman–Crippen LogP) is 1.61. The number of aryl methyl sites for hydroxylation is 1. The largest absolute Gasteiger partial charge is 0.381 e. The summed E-state index contributed by atoms with van der Waals surface area (Å²) < 4.78 is 23.6. The van der Waals surface area contributed by atoms with Crippen LogP contribution in [0.5, 0.6) is 0 Å². The quantitative estimate of drug-likeness (QED) is 0.749. The van der Waals surface area contributed by atoms with Crippen molar-refractivity contribution in [3.63, 3.8) is 0 Å². The molecule has 8 nitrogen and oxygen atoms in total. The number of carbonyl (C=O) groups is 1. The summed E-state index contributed by atoms with van der Waals surface area (Å²) in [6, 6.07) is 0. The third-order valence-corrected chi connectivity index (χ3v) is 4.09. The van der Waals surface area contributed by atoms with Gasteiger partial charge in [0.25, 0.3) is 5.91 Å². The molecule has 0 saturated heterocycles. The number of carbonyl (C=O) groups excluding carboxylic acids is 1. The number of fused-ring (bicyclic) bond motifs is 1. The van der Waals surface area contributed by atoms with Crippen molar-refractivity contribution in [3.05, 3.63) is 35.0 Å². The number of hydrogen-bond acceptors (Lipinski definition) is 7. The van der Waals surface area contributed by atoms with Gasteiger partial charge in [0, 0.05) is 12.7 Å². The number of nitrogens with zero attached hydrogens (tertiary/aromatic N) is 4. The van der Waals surface area contributed by atoms with Gasteiger partial charge in [-0.2, -0.15) is 4.37 Å². The van der Waals surface area contributed by atoms with E-state index in [1.165, 1.54) is 0 Å². The number of aromatic nitrogens is 4. The average Bonchev–Trinajstić information content (AvgIpc) is 3.00. The van der Waals surface area contributed by atoms with Crippen LogP contribution in [0, 0.1) is 12.7 Å². The lowest BCUT2D eigenvalue weighted by molar-refractivity contribution is 0.102. The SMILES string of the molecule is COCc1c(C)nsc1NC(=O)c1c(N)nn2cc(F)cnc12. The Morgan fingerprint density at radius 2 is 2.35 bits per heavy atom. The molecule has 3 heterocycles. The number of hydrogen-bond donors (Lipinski definition) is 2. The van der Waals surface area contributed by atoms with E-state index in [9.17, 15) is 9.18 Å². The van der Waals surface area contributed by atoms with Crippen LogP contribution in [0.3, 0.4) is 0 Å². The molecule has 120 valence electrons. The van der Waals surface area contributed by atoms with Crippen molar-refractivity contribution in [2.24, 2.45) is 0 Å². The molecule has 3 aromatic heterocycles. The van der Waals surface area contributed by atoms with Crippen LogP contribution in [-0.2, 0) is 11.3 Å². The Labute approximate surface area is 134 Å². The molecule has 0 aliphatic rings. The van der Waals surface area contributed by atoms with Crippen LogP contribution in [0.25, 0.3) is 5.65 Å². The molecule has 3 N–H and O–H groups in total. The van der Waals surface area contributed by atoms with Gasteiger partial charge in [-0.3, -0.25) is 4.79 Å². The van der Waals surface area contributed by atoms with Gasteiger partial charge in [-0.1, -0.05) is 0 Å². The summed E-state index contributed by atoms with van der Waals surface area (Å²) in [5.41, 5.74) is 7.60. The minimum absolute atomic E-state index is 0.0323. The first kappa shape index (κ1) is 15.3. The molecule has 0 aliphatic carbocycles. The van der Waals surface area contributed by atoms with E-state index in [0.29, 0.717) is 11.6 Å². The van der Waals surface area contributed by atoms with Gasteiger partial charge in [0.1, 0.15) is 10.6 Å². The van der Waals surface area contributed by atoms with Crippen LogP contribution in [0.4, 0.5) is 15.2 Å². The summed E-state index contributed by atoms with van der Waals surface area (Å²) >= 11 is 1.15. The Morgan fingerprint density at radius 1 is 1.57 bits per heavy atom. The number of nitrogens with two attached hydrogens (primary N) is 1. The number of ether oxygens (including phenoxy) is 1. The lowest BCUT2D eigenvalue weighted by Gasteiger charge is -2.05. The maximum Gasteiger partial charge on any atom is 0.264 e. The third kappa shape index (κ3) is 2.73.